The monoisotopic (exact) mass is 812 g/mol. The molecular formula is C45H64O13. The van der Waals surface area contributed by atoms with E-state index in [1.165, 1.54) is 6.08 Å². The average Bonchev–Trinajstić information content (AvgIpc) is 3.25. The van der Waals surface area contributed by atoms with Gasteiger partial charge in [-0.05, 0) is 117 Å². The van der Waals surface area contributed by atoms with Crippen LogP contribution in [-0.2, 0) is 33.3 Å². The van der Waals surface area contributed by atoms with Gasteiger partial charge in [0.05, 0.1) is 30.7 Å². The highest BCUT2D eigenvalue weighted by atomic mass is 16.7. The molecule has 0 radical (unpaired) electrons. The number of ketones is 2. The number of hydrogen-bond acceptors (Lipinski definition) is 13. The third-order valence-electron chi connectivity index (χ3n) is 17.1. The smallest absolute Gasteiger partial charge is 0.228 e. The molecule has 2 aliphatic heterocycles. The van der Waals surface area contributed by atoms with Crippen molar-refractivity contribution >= 4 is 11.6 Å². The average molecular weight is 813 g/mol. The lowest BCUT2D eigenvalue weighted by molar-refractivity contribution is -0.310. The van der Waals surface area contributed by atoms with Crippen molar-refractivity contribution in [2.75, 3.05) is 34.0 Å². The molecule has 13 nitrogen and oxygen atoms in total. The Morgan fingerprint density at radius 1 is 0.810 bits per heavy atom. The molecule has 0 spiro atoms. The lowest BCUT2D eigenvalue weighted by Crippen LogP contribution is -2.73. The summed E-state index contributed by atoms with van der Waals surface area (Å²) >= 11 is 0. The normalized spacial score (nSPS) is 51.4. The van der Waals surface area contributed by atoms with E-state index in [4.69, 9.17) is 23.7 Å². The zero-order valence-corrected chi connectivity index (χ0v) is 33.7. The topological polar surface area (TPSA) is 202 Å². The lowest BCUT2D eigenvalue weighted by Gasteiger charge is -2.71. The third kappa shape index (κ3) is 6.60. The van der Waals surface area contributed by atoms with Gasteiger partial charge in [0.1, 0.15) is 42.2 Å². The van der Waals surface area contributed by atoms with E-state index < -0.39 is 61.4 Å². The number of rotatable bonds is 11. The molecule has 6 N–H and O–H groups in total. The molecule has 0 aromatic carbocycles. The van der Waals surface area contributed by atoms with Crippen molar-refractivity contribution < 1.29 is 63.9 Å². The number of aliphatic hydroxyl groups is 6. The van der Waals surface area contributed by atoms with Crippen molar-refractivity contribution in [3.05, 3.63) is 36.3 Å². The summed E-state index contributed by atoms with van der Waals surface area (Å²) < 4.78 is 31.2. The van der Waals surface area contributed by atoms with Crippen LogP contribution in [-0.4, -0.2) is 125 Å². The number of Topliss-reactive ketones (excluding diaryl/α,β-unsaturated/α-hetero) is 2. The Morgan fingerprint density at radius 2 is 1.59 bits per heavy atom. The van der Waals surface area contributed by atoms with Crippen molar-refractivity contribution in [2.24, 2.45) is 88.8 Å². The van der Waals surface area contributed by atoms with Gasteiger partial charge in [-0.3, -0.25) is 9.59 Å². The maximum atomic E-state index is 15.4. The number of carbonyl (C=O) groups excluding carboxylic acids is 2. The highest BCUT2D eigenvalue weighted by Crippen LogP contribution is 2.71. The second-order valence-corrected chi connectivity index (χ2v) is 19.3. The van der Waals surface area contributed by atoms with Crippen molar-refractivity contribution in [3.63, 3.8) is 0 Å². The molecule has 0 bridgehead atoms. The fraction of sp³-hybridized carbons (Fsp3) is 0.822. The van der Waals surface area contributed by atoms with Crippen LogP contribution in [0.15, 0.2) is 36.3 Å². The Balaban J connectivity index is 1.17. The lowest BCUT2D eigenvalue weighted by atomic mass is 9.34. The van der Waals surface area contributed by atoms with Crippen LogP contribution in [0.5, 0.6) is 0 Å². The maximum Gasteiger partial charge on any atom is 0.228 e. The zero-order chi connectivity index (χ0) is 40.6. The SMILES string of the molecule is COC1CC2C(OC3OC(CO)=CC(O)C3O)C(CO)C3C(CO)C4OC=CC5C(C(=O)C6CCC(O)C(OC)C6)CC6C(C(=O)C7C=CCCC7)C(C1)C2C3C6C54. The minimum atomic E-state index is -1.45. The Morgan fingerprint density at radius 3 is 2.29 bits per heavy atom. The molecule has 23 atom stereocenters. The Bertz CT molecular complexity index is 1610. The van der Waals surface area contributed by atoms with Crippen molar-refractivity contribution in [1.29, 1.82) is 0 Å². The van der Waals surface area contributed by atoms with Gasteiger partial charge in [0.15, 0.2) is 0 Å². The molecule has 9 aliphatic rings. The first kappa shape index (κ1) is 41.2. The van der Waals surface area contributed by atoms with Crippen LogP contribution in [0.2, 0.25) is 0 Å². The van der Waals surface area contributed by atoms with E-state index in [0.29, 0.717) is 38.5 Å². The predicted molar refractivity (Wildman–Crippen MR) is 206 cm³/mol. The summed E-state index contributed by atoms with van der Waals surface area (Å²) in [7, 11) is 3.28. The van der Waals surface area contributed by atoms with Gasteiger partial charge in [0.2, 0.25) is 6.29 Å². The van der Waals surface area contributed by atoms with Gasteiger partial charge in [0, 0.05) is 68.9 Å². The molecule has 0 aromatic heterocycles. The number of aliphatic hydroxyl groups excluding tert-OH is 6. The number of methoxy groups -OCH3 is 2. The molecular weight excluding hydrogens is 748 g/mol. The highest BCUT2D eigenvalue weighted by molar-refractivity contribution is 5.87. The van der Waals surface area contributed by atoms with E-state index in [1.807, 2.05) is 0 Å². The standard InChI is InChI=1S/C45H64O13/c1-54-22-13-26-34-28(14-22)43(58-45-42(53)32(50)15-23(17-46)57-45)29(18-47)35-30(19-48)44-38-24(10-11-56-44)25(40(51)21-8-9-31(49)33(12-21)55-2)16-27(37(38)39(34)35)36(26)41(52)20-6-4-3-5-7-20/h4,6,10-11,15,20-22,24-39,42-50,53H,3,5,7-9,12-14,16-19H2,1-2H3. The van der Waals surface area contributed by atoms with Crippen LogP contribution in [0.1, 0.15) is 57.8 Å². The molecule has 0 amide bonds. The van der Waals surface area contributed by atoms with Gasteiger partial charge in [-0.15, -0.1) is 0 Å². The van der Waals surface area contributed by atoms with Gasteiger partial charge >= 0.3 is 0 Å². The summed E-state index contributed by atoms with van der Waals surface area (Å²) in [6.45, 7) is -0.985. The fourth-order valence-electron chi connectivity index (χ4n) is 15.0. The predicted octanol–water partition coefficient (Wildman–Crippen LogP) is 2.16. The fourth-order valence-corrected chi connectivity index (χ4v) is 15.0. The summed E-state index contributed by atoms with van der Waals surface area (Å²) in [5.74, 6) is -2.95. The van der Waals surface area contributed by atoms with E-state index in [2.05, 4.69) is 18.2 Å². The van der Waals surface area contributed by atoms with Gasteiger partial charge in [-0.25, -0.2) is 0 Å². The zero-order valence-electron chi connectivity index (χ0n) is 33.7. The van der Waals surface area contributed by atoms with E-state index >= 15 is 9.59 Å². The quantitative estimate of drug-likeness (QED) is 0.166. The first-order valence-corrected chi connectivity index (χ1v) is 22.1. The summed E-state index contributed by atoms with van der Waals surface area (Å²) in [5.41, 5.74) is 0. The summed E-state index contributed by atoms with van der Waals surface area (Å²) in [4.78, 5) is 30.4. The second-order valence-electron chi connectivity index (χ2n) is 19.3. The molecule has 23 unspecified atom stereocenters. The van der Waals surface area contributed by atoms with E-state index in [0.717, 1.165) is 19.3 Å². The summed E-state index contributed by atoms with van der Waals surface area (Å²) in [6.07, 6.45) is 8.65. The van der Waals surface area contributed by atoms with E-state index in [-0.39, 0.29) is 114 Å². The van der Waals surface area contributed by atoms with Gasteiger partial charge in [0.25, 0.3) is 0 Å². The minimum Gasteiger partial charge on any atom is -0.498 e. The van der Waals surface area contributed by atoms with E-state index in [1.54, 1.807) is 20.5 Å². The van der Waals surface area contributed by atoms with Crippen LogP contribution >= 0.6 is 0 Å². The number of allylic oxidation sites excluding steroid dienone is 3. The van der Waals surface area contributed by atoms with Crippen LogP contribution in [0.25, 0.3) is 0 Å². The minimum absolute atomic E-state index is 0.0220. The van der Waals surface area contributed by atoms with Crippen LogP contribution in [0.4, 0.5) is 0 Å². The van der Waals surface area contributed by atoms with Gasteiger partial charge < -0.3 is 54.3 Å². The largest absolute Gasteiger partial charge is 0.498 e. The number of carbonyl (C=O) groups is 2. The van der Waals surface area contributed by atoms with Gasteiger partial charge in [-0.2, -0.15) is 0 Å². The molecule has 13 heteroatoms. The Labute approximate surface area is 340 Å². The first-order chi connectivity index (χ1) is 28.1. The molecule has 6 saturated carbocycles. The Hall–Kier alpha value is -2.20. The van der Waals surface area contributed by atoms with Crippen molar-refractivity contribution in [2.45, 2.75) is 107 Å². The molecule has 58 heavy (non-hydrogen) atoms. The van der Waals surface area contributed by atoms with Gasteiger partial charge in [-0.1, -0.05) is 12.2 Å². The first-order valence-electron chi connectivity index (χ1n) is 22.1. The molecule has 7 aliphatic carbocycles. The van der Waals surface area contributed by atoms with Crippen LogP contribution in [0, 0.1) is 88.8 Å². The molecule has 0 aromatic rings. The summed E-state index contributed by atoms with van der Waals surface area (Å²) in [6, 6.07) is 0. The van der Waals surface area contributed by atoms with Crippen molar-refractivity contribution in [1.82, 2.24) is 0 Å². The molecule has 9 rings (SSSR count). The molecule has 6 fully saturated rings. The summed E-state index contributed by atoms with van der Waals surface area (Å²) in [5, 5.41) is 65.5. The molecule has 0 saturated heterocycles. The second kappa shape index (κ2) is 16.6. The van der Waals surface area contributed by atoms with Crippen LogP contribution < -0.4 is 0 Å². The highest BCUT2D eigenvalue weighted by Gasteiger charge is 2.72. The third-order valence-corrected chi connectivity index (χ3v) is 17.1. The number of hydrogen-bond donors (Lipinski definition) is 6. The van der Waals surface area contributed by atoms with Crippen LogP contribution in [0.3, 0.4) is 0 Å². The molecule has 322 valence electrons. The molecule has 2 heterocycles. The van der Waals surface area contributed by atoms with E-state index in [9.17, 15) is 30.6 Å². The Kier molecular flexibility index (Phi) is 11.8. The number of ether oxygens (including phenoxy) is 5. The van der Waals surface area contributed by atoms with Crippen molar-refractivity contribution in [3.8, 4) is 0 Å². The maximum absolute atomic E-state index is 15.4.